The summed E-state index contributed by atoms with van der Waals surface area (Å²) in [7, 11) is 0. The molecule has 2 aromatic heterocycles. The van der Waals surface area contributed by atoms with Crippen LogP contribution in [0.2, 0.25) is 0 Å². The van der Waals surface area contributed by atoms with Crippen LogP contribution in [0, 0.1) is 11.6 Å². The highest BCUT2D eigenvalue weighted by atomic mass is 19.1. The third-order valence-corrected chi connectivity index (χ3v) is 12.4. The van der Waals surface area contributed by atoms with Crippen molar-refractivity contribution >= 4 is 69.0 Å². The molecule has 2 aromatic carbocycles. The number of carbonyl (C=O) groups is 2. The maximum Gasteiger partial charge on any atom is 0.341 e. The van der Waals surface area contributed by atoms with Crippen LogP contribution in [-0.2, 0) is 13.1 Å². The highest BCUT2D eigenvalue weighted by Crippen LogP contribution is 2.43. The van der Waals surface area contributed by atoms with Crippen molar-refractivity contribution in [1.29, 1.82) is 0 Å². The van der Waals surface area contributed by atoms with E-state index in [1.54, 1.807) is 23.0 Å². The van der Waals surface area contributed by atoms with Crippen molar-refractivity contribution in [2.75, 3.05) is 75.2 Å². The van der Waals surface area contributed by atoms with Crippen LogP contribution in [0.4, 0.5) is 20.2 Å². The number of hydrogen-bond acceptors (Lipinski definition) is 10. The maximum atomic E-state index is 15.7. The summed E-state index contributed by atoms with van der Waals surface area (Å²) in [6.07, 6.45) is 4.98. The number of hydrogen-bond donors (Lipinski definition) is 6. The van der Waals surface area contributed by atoms with Gasteiger partial charge in [0.1, 0.15) is 34.7 Å². The third-order valence-electron chi connectivity index (χ3n) is 12.4. The van der Waals surface area contributed by atoms with E-state index in [2.05, 4.69) is 20.0 Å². The fraction of sp³-hybridized carbons (Fsp3) is 0.455. The number of benzene rings is 2. The fourth-order valence-corrected chi connectivity index (χ4v) is 9.14. The number of nitrogens with two attached hydrogens (primary N) is 4. The summed E-state index contributed by atoms with van der Waals surface area (Å²) in [4.78, 5) is 73.8. The van der Waals surface area contributed by atoms with Crippen molar-refractivity contribution in [3.05, 3.63) is 67.7 Å². The van der Waals surface area contributed by atoms with Gasteiger partial charge < -0.3 is 71.4 Å². The normalized spacial score (nSPS) is 19.1. The van der Waals surface area contributed by atoms with E-state index in [0.29, 0.717) is 89.6 Å². The Labute approximate surface area is 387 Å². The Bertz CT molecular complexity index is 2720. The summed E-state index contributed by atoms with van der Waals surface area (Å²) in [5, 5.41) is 19.0. The Morgan fingerprint density at radius 2 is 1.00 bits per heavy atom. The molecular weight excluding hydrogens is 891 g/mol. The van der Waals surface area contributed by atoms with Crippen LogP contribution in [-0.4, -0.2) is 143 Å². The van der Waals surface area contributed by atoms with Gasteiger partial charge in [-0.1, -0.05) is 12.8 Å². The quantitative estimate of drug-likeness (QED) is 0.0702. The Balaban J connectivity index is 0.769. The molecule has 4 aromatic rings. The van der Waals surface area contributed by atoms with Crippen LogP contribution in [0.15, 0.2) is 54.1 Å². The molecule has 0 radical (unpaired) electrons. The molecule has 2 fully saturated rings. The van der Waals surface area contributed by atoms with Gasteiger partial charge in [0.2, 0.25) is 22.8 Å². The van der Waals surface area contributed by atoms with E-state index in [9.17, 15) is 29.4 Å². The largest absolute Gasteiger partial charge is 0.484 e. The number of carboxylic acid groups (broad SMARTS) is 2. The number of aromatic nitrogens is 2. The predicted octanol–water partition coefficient (Wildman–Crippen LogP) is 1.32. The molecule has 0 aliphatic carbocycles. The number of piperazine rings is 2. The monoisotopic (exact) mass is 944 g/mol. The molecule has 8 rings (SSSR count). The smallest absolute Gasteiger partial charge is 0.341 e. The summed E-state index contributed by atoms with van der Waals surface area (Å²) in [5.41, 5.74) is 23.4. The molecule has 0 unspecified atom stereocenters. The number of ether oxygens (including phenoxy) is 2. The van der Waals surface area contributed by atoms with Crippen molar-refractivity contribution in [2.24, 2.45) is 42.9 Å². The minimum Gasteiger partial charge on any atom is -0.484 e. The highest BCUT2D eigenvalue weighted by molar-refractivity contribution is 5.99. The van der Waals surface area contributed by atoms with E-state index in [0.717, 1.165) is 37.8 Å². The fourth-order valence-electron chi connectivity index (χ4n) is 9.14. The van der Waals surface area contributed by atoms with Crippen LogP contribution >= 0.6 is 0 Å². The van der Waals surface area contributed by atoms with E-state index < -0.39 is 57.8 Å². The summed E-state index contributed by atoms with van der Waals surface area (Å²) >= 11 is 0. The Morgan fingerprint density at radius 3 is 1.35 bits per heavy atom. The Kier molecular flexibility index (Phi) is 13.3. The predicted molar refractivity (Wildman–Crippen MR) is 253 cm³/mol. The summed E-state index contributed by atoms with van der Waals surface area (Å²) in [6.45, 7) is 8.03. The third kappa shape index (κ3) is 9.34. The SMILES string of the molecule is C[C@@H]1Cn2cc(C(=O)O)c(=O)c3cc(F)c(N4CCN(/C(N)=N/C(N)=NCCCCCCN=C(N)/N=C(\N)N5CCN(c6c(F)cc7c(=O)c(C(=O)O)cn8c7c6O[C@@H](C)C8)CC5)CC4)c(c32)O1. The molecule has 0 spiro atoms. The number of carboxylic acids is 2. The molecule has 4 aliphatic rings. The van der Waals surface area contributed by atoms with Gasteiger partial charge in [-0.2, -0.15) is 9.98 Å². The molecular formula is C44H54F2N14O8. The van der Waals surface area contributed by atoms with Crippen LogP contribution in [0.25, 0.3) is 21.8 Å². The van der Waals surface area contributed by atoms with E-state index in [1.165, 1.54) is 12.4 Å². The maximum absolute atomic E-state index is 15.7. The minimum absolute atomic E-state index is 0.0359. The lowest BCUT2D eigenvalue weighted by molar-refractivity contribution is 0.0683. The molecule has 362 valence electrons. The summed E-state index contributed by atoms with van der Waals surface area (Å²) < 4.78 is 46.9. The first-order valence-corrected chi connectivity index (χ1v) is 22.4. The molecule has 68 heavy (non-hydrogen) atoms. The van der Waals surface area contributed by atoms with E-state index in [1.807, 2.05) is 19.6 Å². The zero-order chi connectivity index (χ0) is 48.6. The lowest BCUT2D eigenvalue weighted by atomic mass is 10.1. The van der Waals surface area contributed by atoms with Gasteiger partial charge in [-0.3, -0.25) is 19.6 Å². The standard InChI is InChI=1S/C44H54F2N14O8/c1-23-19-59-21-27(39(63)64)35(61)25-17-29(45)33(37(67-23)31(25)59)55-9-13-57(14-10-55)43(49)53-41(47)51-7-5-3-4-6-8-52-42(48)54-44(50)58-15-11-56(12-16-58)34-30(46)18-26-32-38(34)68-24(2)20-60(32)22-28(36(26)62)40(65)66/h17-18,21-24H,3-16,19-20H2,1-2H3,(H,63,64)(H,65,66)(H4,47,49,51,53)(H4,48,50,52,54)/t23-,24+. The van der Waals surface area contributed by atoms with Gasteiger partial charge >= 0.3 is 11.9 Å². The zero-order valence-corrected chi connectivity index (χ0v) is 37.7. The van der Waals surface area contributed by atoms with Gasteiger partial charge in [-0.25, -0.2) is 18.4 Å². The number of nitrogens with zero attached hydrogens (tertiary/aromatic N) is 10. The average molecular weight is 945 g/mol. The summed E-state index contributed by atoms with van der Waals surface area (Å²) in [5.74, 6) is -3.31. The van der Waals surface area contributed by atoms with Gasteiger partial charge in [0, 0.05) is 77.8 Å². The number of anilines is 2. The Hall–Kier alpha value is -7.66. The van der Waals surface area contributed by atoms with Gasteiger partial charge in [-0.15, -0.1) is 0 Å². The molecule has 24 heteroatoms. The lowest BCUT2D eigenvalue weighted by Gasteiger charge is -2.38. The lowest BCUT2D eigenvalue weighted by Crippen LogP contribution is -2.52. The topological polar surface area (TPSA) is 304 Å². The Morgan fingerprint density at radius 1 is 0.632 bits per heavy atom. The molecule has 4 aliphatic heterocycles. The zero-order valence-electron chi connectivity index (χ0n) is 37.7. The number of aromatic carboxylic acids is 2. The second-order valence-electron chi connectivity index (χ2n) is 17.2. The van der Waals surface area contributed by atoms with E-state index in [4.69, 9.17) is 32.4 Å². The van der Waals surface area contributed by atoms with E-state index in [-0.39, 0.29) is 57.5 Å². The second-order valence-corrected chi connectivity index (χ2v) is 17.2. The van der Waals surface area contributed by atoms with Crippen molar-refractivity contribution in [3.63, 3.8) is 0 Å². The van der Waals surface area contributed by atoms with E-state index >= 15 is 8.78 Å². The van der Waals surface area contributed by atoms with Crippen molar-refractivity contribution in [3.8, 4) is 11.5 Å². The van der Waals surface area contributed by atoms with Gasteiger partial charge in [0.25, 0.3) is 0 Å². The van der Waals surface area contributed by atoms with Crippen LogP contribution < -0.4 is 53.1 Å². The molecule has 2 atom stereocenters. The molecule has 22 nitrogen and oxygen atoms in total. The molecule has 2 saturated heterocycles. The first-order chi connectivity index (χ1) is 32.5. The van der Waals surface area contributed by atoms with Gasteiger partial charge in [-0.05, 0) is 38.8 Å². The van der Waals surface area contributed by atoms with Crippen molar-refractivity contribution in [2.45, 2.75) is 64.8 Å². The molecule has 10 N–H and O–H groups in total. The van der Waals surface area contributed by atoms with Crippen molar-refractivity contribution in [1.82, 2.24) is 18.9 Å². The van der Waals surface area contributed by atoms with Crippen LogP contribution in [0.1, 0.15) is 60.2 Å². The number of unbranched alkanes of at least 4 members (excludes halogenated alkanes) is 3. The molecule has 0 bridgehead atoms. The highest BCUT2D eigenvalue weighted by Gasteiger charge is 2.34. The molecule has 0 amide bonds. The number of rotatable bonds is 11. The first-order valence-electron chi connectivity index (χ1n) is 22.4. The van der Waals surface area contributed by atoms with Crippen LogP contribution in [0.5, 0.6) is 11.5 Å². The second kappa shape index (κ2) is 19.3. The first kappa shape index (κ1) is 46.9. The minimum atomic E-state index is -1.38. The summed E-state index contributed by atoms with van der Waals surface area (Å²) in [6, 6.07) is 2.17. The number of guanidine groups is 4. The van der Waals surface area contributed by atoms with Crippen LogP contribution in [0.3, 0.4) is 0 Å². The van der Waals surface area contributed by atoms with Gasteiger partial charge in [0.05, 0.1) is 34.9 Å². The number of halogens is 2. The van der Waals surface area contributed by atoms with Gasteiger partial charge in [0.15, 0.2) is 35.1 Å². The number of pyridine rings is 2. The molecule has 0 saturated carbocycles. The average Bonchev–Trinajstić information content (AvgIpc) is 3.29. The number of aliphatic imine (C=N–C) groups is 4. The molecule has 6 heterocycles. The van der Waals surface area contributed by atoms with Crippen molar-refractivity contribution < 1.29 is 38.1 Å².